The van der Waals surface area contributed by atoms with Crippen molar-refractivity contribution in [3.63, 3.8) is 0 Å². The highest BCUT2D eigenvalue weighted by Gasteiger charge is 2.08. The first-order valence-corrected chi connectivity index (χ1v) is 4.99. The number of hydrogen-bond acceptors (Lipinski definition) is 3. The SMILES string of the molecule is Cc1c(C#N)ncnc1-c1[c]ccc(Cl)c1. The Bertz CT molecular complexity index is 573. The number of hydrogen-bond donors (Lipinski definition) is 0. The normalized spacial score (nSPS) is 9.81. The molecule has 0 atom stereocenters. The summed E-state index contributed by atoms with van der Waals surface area (Å²) in [5.41, 5.74) is 2.57. The molecular formula is C12H7ClN3. The minimum atomic E-state index is 0.373. The lowest BCUT2D eigenvalue weighted by molar-refractivity contribution is 1.10. The molecule has 1 aromatic heterocycles. The van der Waals surface area contributed by atoms with Crippen LogP contribution in [0.3, 0.4) is 0 Å². The molecule has 77 valence electrons. The van der Waals surface area contributed by atoms with Crippen LogP contribution in [0.4, 0.5) is 0 Å². The average molecular weight is 229 g/mol. The van der Waals surface area contributed by atoms with Gasteiger partial charge in [0.2, 0.25) is 0 Å². The summed E-state index contributed by atoms with van der Waals surface area (Å²) < 4.78 is 0. The summed E-state index contributed by atoms with van der Waals surface area (Å²) in [4.78, 5) is 8.03. The molecule has 2 rings (SSSR count). The van der Waals surface area contributed by atoms with E-state index in [1.165, 1.54) is 6.33 Å². The highest BCUT2D eigenvalue weighted by molar-refractivity contribution is 6.30. The van der Waals surface area contributed by atoms with Gasteiger partial charge in [0.15, 0.2) is 0 Å². The van der Waals surface area contributed by atoms with Crippen LogP contribution < -0.4 is 0 Å². The van der Waals surface area contributed by atoms with Crippen LogP contribution in [-0.2, 0) is 0 Å². The zero-order chi connectivity index (χ0) is 11.5. The van der Waals surface area contributed by atoms with Crippen LogP contribution in [0.1, 0.15) is 11.3 Å². The molecule has 16 heavy (non-hydrogen) atoms. The second kappa shape index (κ2) is 4.30. The summed E-state index contributed by atoms with van der Waals surface area (Å²) in [7, 11) is 0. The van der Waals surface area contributed by atoms with Crippen molar-refractivity contribution >= 4 is 11.6 Å². The van der Waals surface area contributed by atoms with Gasteiger partial charge in [0.05, 0.1) is 5.69 Å². The largest absolute Gasteiger partial charge is 0.236 e. The summed E-state index contributed by atoms with van der Waals surface area (Å²) >= 11 is 5.89. The maximum absolute atomic E-state index is 8.87. The van der Waals surface area contributed by atoms with Gasteiger partial charge in [-0.1, -0.05) is 17.7 Å². The number of nitrogens with zero attached hydrogens (tertiary/aromatic N) is 3. The van der Waals surface area contributed by atoms with Gasteiger partial charge in [0.1, 0.15) is 18.1 Å². The van der Waals surface area contributed by atoms with Crippen LogP contribution in [0.5, 0.6) is 0 Å². The number of rotatable bonds is 1. The van der Waals surface area contributed by atoms with Crippen molar-refractivity contribution in [2.45, 2.75) is 6.92 Å². The number of nitriles is 1. The lowest BCUT2D eigenvalue weighted by atomic mass is 10.1. The molecule has 0 aliphatic carbocycles. The van der Waals surface area contributed by atoms with Gasteiger partial charge in [0.25, 0.3) is 0 Å². The van der Waals surface area contributed by atoms with Crippen LogP contribution >= 0.6 is 11.6 Å². The van der Waals surface area contributed by atoms with E-state index in [0.717, 1.165) is 11.1 Å². The van der Waals surface area contributed by atoms with Crippen LogP contribution in [0.2, 0.25) is 5.02 Å². The van der Waals surface area contributed by atoms with E-state index in [-0.39, 0.29) is 0 Å². The molecule has 0 aliphatic heterocycles. The monoisotopic (exact) mass is 228 g/mol. The first kappa shape index (κ1) is 10.6. The quantitative estimate of drug-likeness (QED) is 0.754. The summed E-state index contributed by atoms with van der Waals surface area (Å²) in [6.07, 6.45) is 1.37. The molecule has 0 aliphatic rings. The first-order chi connectivity index (χ1) is 7.72. The molecule has 0 unspecified atom stereocenters. The van der Waals surface area contributed by atoms with Crippen LogP contribution in [0, 0.1) is 24.3 Å². The molecule has 1 aromatic carbocycles. The number of aromatic nitrogens is 2. The Morgan fingerprint density at radius 3 is 2.94 bits per heavy atom. The van der Waals surface area contributed by atoms with E-state index in [1.807, 2.05) is 13.0 Å². The topological polar surface area (TPSA) is 49.6 Å². The highest BCUT2D eigenvalue weighted by Crippen LogP contribution is 2.23. The van der Waals surface area contributed by atoms with Gasteiger partial charge in [0, 0.05) is 16.1 Å². The fourth-order valence-electron chi connectivity index (χ4n) is 1.41. The van der Waals surface area contributed by atoms with Gasteiger partial charge in [-0.05, 0) is 25.1 Å². The van der Waals surface area contributed by atoms with E-state index < -0.39 is 0 Å². The van der Waals surface area contributed by atoms with Gasteiger partial charge >= 0.3 is 0 Å². The minimum Gasteiger partial charge on any atom is -0.236 e. The molecule has 0 amide bonds. The van der Waals surface area contributed by atoms with Crippen molar-refractivity contribution in [2.24, 2.45) is 0 Å². The molecule has 0 bridgehead atoms. The Morgan fingerprint density at radius 1 is 1.44 bits per heavy atom. The molecule has 0 saturated heterocycles. The third kappa shape index (κ3) is 1.88. The smallest absolute Gasteiger partial charge is 0.147 e. The summed E-state index contributed by atoms with van der Waals surface area (Å²) in [5.74, 6) is 0. The van der Waals surface area contributed by atoms with Crippen molar-refractivity contribution in [1.82, 2.24) is 9.97 Å². The molecule has 1 heterocycles. The second-order valence-electron chi connectivity index (χ2n) is 3.23. The fraction of sp³-hybridized carbons (Fsp3) is 0.0833. The maximum Gasteiger partial charge on any atom is 0.147 e. The van der Waals surface area contributed by atoms with Crippen molar-refractivity contribution in [2.75, 3.05) is 0 Å². The number of benzene rings is 1. The van der Waals surface area contributed by atoms with Crippen LogP contribution in [-0.4, -0.2) is 9.97 Å². The summed E-state index contributed by atoms with van der Waals surface area (Å²) in [5, 5.41) is 9.48. The lowest BCUT2D eigenvalue weighted by Crippen LogP contribution is -1.95. The molecule has 1 radical (unpaired) electrons. The Balaban J connectivity index is 2.62. The molecule has 0 N–H and O–H groups in total. The van der Waals surface area contributed by atoms with Crippen molar-refractivity contribution in [3.05, 3.63) is 46.9 Å². The second-order valence-corrected chi connectivity index (χ2v) is 3.66. The fourth-order valence-corrected chi connectivity index (χ4v) is 1.58. The zero-order valence-electron chi connectivity index (χ0n) is 8.53. The van der Waals surface area contributed by atoms with Crippen molar-refractivity contribution in [1.29, 1.82) is 5.26 Å². The minimum absolute atomic E-state index is 0.373. The van der Waals surface area contributed by atoms with E-state index >= 15 is 0 Å². The van der Waals surface area contributed by atoms with E-state index in [1.54, 1.807) is 18.2 Å². The molecule has 0 saturated carbocycles. The van der Waals surface area contributed by atoms with Gasteiger partial charge < -0.3 is 0 Å². The van der Waals surface area contributed by atoms with Crippen LogP contribution in [0.25, 0.3) is 11.3 Å². The van der Waals surface area contributed by atoms with Crippen molar-refractivity contribution in [3.8, 4) is 17.3 Å². The standard InChI is InChI=1S/C12H7ClN3/c1-8-11(6-14)15-7-16-12(8)9-3-2-4-10(13)5-9/h2,4-5,7H,1H3. The van der Waals surface area contributed by atoms with Crippen molar-refractivity contribution < 1.29 is 0 Å². The Hall–Kier alpha value is -1.92. The molecule has 0 fully saturated rings. The van der Waals surface area contributed by atoms with E-state index in [2.05, 4.69) is 16.0 Å². The Kier molecular flexibility index (Phi) is 2.84. The maximum atomic E-state index is 8.87. The highest BCUT2D eigenvalue weighted by atomic mass is 35.5. The molecule has 3 nitrogen and oxygen atoms in total. The first-order valence-electron chi connectivity index (χ1n) is 4.61. The Labute approximate surface area is 98.4 Å². The average Bonchev–Trinajstić information content (AvgIpc) is 2.29. The van der Waals surface area contributed by atoms with Gasteiger partial charge in [-0.2, -0.15) is 5.26 Å². The number of halogens is 1. The summed E-state index contributed by atoms with van der Waals surface area (Å²) in [6.45, 7) is 1.81. The van der Waals surface area contributed by atoms with Crippen LogP contribution in [0.15, 0.2) is 24.5 Å². The lowest BCUT2D eigenvalue weighted by Gasteiger charge is -2.05. The molecular weight excluding hydrogens is 222 g/mol. The predicted molar refractivity (Wildman–Crippen MR) is 60.8 cm³/mol. The predicted octanol–water partition coefficient (Wildman–Crippen LogP) is 2.78. The third-order valence-corrected chi connectivity index (χ3v) is 2.44. The van der Waals surface area contributed by atoms with E-state index in [0.29, 0.717) is 16.4 Å². The zero-order valence-corrected chi connectivity index (χ0v) is 9.28. The molecule has 2 aromatic rings. The van der Waals surface area contributed by atoms with Gasteiger partial charge in [-0.3, -0.25) is 0 Å². The third-order valence-electron chi connectivity index (χ3n) is 2.21. The molecule has 4 heteroatoms. The van der Waals surface area contributed by atoms with Gasteiger partial charge in [-0.25, -0.2) is 9.97 Å². The van der Waals surface area contributed by atoms with Gasteiger partial charge in [-0.15, -0.1) is 0 Å². The van der Waals surface area contributed by atoms with E-state index in [4.69, 9.17) is 16.9 Å². The summed E-state index contributed by atoms with van der Waals surface area (Å²) in [6, 6.07) is 10.3. The molecule has 0 spiro atoms. The van der Waals surface area contributed by atoms with E-state index in [9.17, 15) is 0 Å². The Morgan fingerprint density at radius 2 is 2.25 bits per heavy atom.